The quantitative estimate of drug-likeness (QED) is 0.795. The third-order valence-corrected chi connectivity index (χ3v) is 4.36. The lowest BCUT2D eigenvalue weighted by Gasteiger charge is -2.32. The van der Waals surface area contributed by atoms with Gasteiger partial charge in [0.05, 0.1) is 12.2 Å². The molecule has 0 radical (unpaired) electrons. The summed E-state index contributed by atoms with van der Waals surface area (Å²) in [5, 5.41) is 10.6. The van der Waals surface area contributed by atoms with Gasteiger partial charge in [-0.15, -0.1) is 0 Å². The first-order valence-corrected chi connectivity index (χ1v) is 7.04. The van der Waals surface area contributed by atoms with E-state index in [4.69, 9.17) is 10.5 Å². The molecule has 0 saturated carbocycles. The Bertz CT molecular complexity index is 489. The Labute approximate surface area is 114 Å². The van der Waals surface area contributed by atoms with Crippen molar-refractivity contribution in [3.05, 3.63) is 23.3 Å². The second-order valence-electron chi connectivity index (χ2n) is 5.78. The van der Waals surface area contributed by atoms with Gasteiger partial charge in [-0.05, 0) is 24.5 Å². The molecule has 3 N–H and O–H groups in total. The normalized spacial score (nSPS) is 26.2. The zero-order chi connectivity index (χ0) is 13.5. The molecule has 104 valence electrons. The Morgan fingerprint density at radius 1 is 1.47 bits per heavy atom. The number of nitrogens with zero attached hydrogens (tertiary/aromatic N) is 1. The summed E-state index contributed by atoms with van der Waals surface area (Å²) >= 11 is 0. The molecule has 1 aromatic carbocycles. The number of nitrogens with two attached hydrogens (primary N) is 1. The Morgan fingerprint density at radius 3 is 3.11 bits per heavy atom. The molecule has 0 bridgehead atoms. The molecule has 4 heteroatoms. The minimum absolute atomic E-state index is 0.281. The number of fused-ring (bicyclic) bond motifs is 3. The second kappa shape index (κ2) is 4.69. The minimum atomic E-state index is -0.835. The summed E-state index contributed by atoms with van der Waals surface area (Å²) in [5.74, 6) is 0.914. The maximum Gasteiger partial charge on any atom is 0.124 e. The monoisotopic (exact) mass is 262 g/mol. The van der Waals surface area contributed by atoms with Gasteiger partial charge in [0.2, 0.25) is 0 Å². The average molecular weight is 262 g/mol. The second-order valence-corrected chi connectivity index (χ2v) is 5.78. The number of aryl methyl sites for hydroxylation is 1. The van der Waals surface area contributed by atoms with Crippen molar-refractivity contribution < 1.29 is 9.84 Å². The van der Waals surface area contributed by atoms with Gasteiger partial charge in [0, 0.05) is 44.2 Å². The van der Waals surface area contributed by atoms with Crippen LogP contribution in [0.1, 0.15) is 24.0 Å². The molecule has 0 saturated heterocycles. The maximum absolute atomic E-state index is 10.6. The molecule has 1 atom stereocenters. The smallest absolute Gasteiger partial charge is 0.124 e. The molecule has 2 heterocycles. The van der Waals surface area contributed by atoms with Gasteiger partial charge in [-0.25, -0.2) is 0 Å². The van der Waals surface area contributed by atoms with E-state index < -0.39 is 5.60 Å². The van der Waals surface area contributed by atoms with Crippen LogP contribution in [0.3, 0.4) is 0 Å². The van der Waals surface area contributed by atoms with Crippen molar-refractivity contribution >= 4 is 5.69 Å². The summed E-state index contributed by atoms with van der Waals surface area (Å²) < 4.78 is 5.82. The molecular formula is C15H22N2O2. The largest absolute Gasteiger partial charge is 0.493 e. The molecule has 0 spiro atoms. The van der Waals surface area contributed by atoms with Crippen molar-refractivity contribution in [2.45, 2.75) is 31.3 Å². The maximum atomic E-state index is 10.6. The third-order valence-electron chi connectivity index (χ3n) is 4.36. The molecule has 4 nitrogen and oxygen atoms in total. The van der Waals surface area contributed by atoms with Crippen molar-refractivity contribution in [2.24, 2.45) is 5.73 Å². The molecule has 0 amide bonds. The lowest BCUT2D eigenvalue weighted by Crippen LogP contribution is -2.40. The van der Waals surface area contributed by atoms with Gasteiger partial charge < -0.3 is 20.5 Å². The summed E-state index contributed by atoms with van der Waals surface area (Å²) in [4.78, 5) is 2.28. The van der Waals surface area contributed by atoms with Crippen molar-refractivity contribution in [3.8, 4) is 5.75 Å². The van der Waals surface area contributed by atoms with Gasteiger partial charge in [0.1, 0.15) is 5.75 Å². The van der Waals surface area contributed by atoms with Crippen LogP contribution in [-0.4, -0.2) is 37.5 Å². The average Bonchev–Trinajstić information content (AvgIpc) is 2.57. The highest BCUT2D eigenvalue weighted by Gasteiger charge is 2.33. The molecular weight excluding hydrogens is 240 g/mol. The highest BCUT2D eigenvalue weighted by Crippen LogP contribution is 2.40. The number of ether oxygens (including phenoxy) is 1. The first-order chi connectivity index (χ1) is 9.13. The molecule has 0 aliphatic carbocycles. The summed E-state index contributed by atoms with van der Waals surface area (Å²) in [6.45, 7) is 1.87. The molecule has 19 heavy (non-hydrogen) atoms. The minimum Gasteiger partial charge on any atom is -0.493 e. The fourth-order valence-electron chi connectivity index (χ4n) is 3.21. The number of aliphatic hydroxyl groups is 1. The Kier molecular flexibility index (Phi) is 3.15. The number of anilines is 1. The van der Waals surface area contributed by atoms with Gasteiger partial charge in [-0.3, -0.25) is 0 Å². The number of hydrogen-bond acceptors (Lipinski definition) is 4. The SMILES string of the molecule is CN1CCCc2ccc3c(c21)CC(O)(CN)CCO3. The van der Waals surface area contributed by atoms with Crippen molar-refractivity contribution in [1.29, 1.82) is 0 Å². The van der Waals surface area contributed by atoms with Gasteiger partial charge in [0.25, 0.3) is 0 Å². The molecule has 1 unspecified atom stereocenters. The fourth-order valence-corrected chi connectivity index (χ4v) is 3.21. The van der Waals surface area contributed by atoms with Crippen molar-refractivity contribution in [3.63, 3.8) is 0 Å². The van der Waals surface area contributed by atoms with Crippen LogP contribution < -0.4 is 15.4 Å². The summed E-state index contributed by atoms with van der Waals surface area (Å²) in [6.07, 6.45) is 3.47. The van der Waals surface area contributed by atoms with Crippen LogP contribution in [0.5, 0.6) is 5.75 Å². The van der Waals surface area contributed by atoms with E-state index >= 15 is 0 Å². The van der Waals surface area contributed by atoms with Gasteiger partial charge in [0.15, 0.2) is 0 Å². The van der Waals surface area contributed by atoms with Gasteiger partial charge in [-0.2, -0.15) is 0 Å². The summed E-state index contributed by atoms with van der Waals surface area (Å²) in [5.41, 5.74) is 8.66. The number of benzene rings is 1. The Hall–Kier alpha value is -1.26. The zero-order valence-electron chi connectivity index (χ0n) is 11.5. The van der Waals surface area contributed by atoms with Crippen LogP contribution in [0.25, 0.3) is 0 Å². The van der Waals surface area contributed by atoms with Crippen LogP contribution in [0.2, 0.25) is 0 Å². The first kappa shape index (κ1) is 12.8. The van der Waals surface area contributed by atoms with Gasteiger partial charge >= 0.3 is 0 Å². The number of rotatable bonds is 1. The highest BCUT2D eigenvalue weighted by atomic mass is 16.5. The third kappa shape index (κ3) is 2.19. The molecule has 0 aromatic heterocycles. The lowest BCUT2D eigenvalue weighted by atomic mass is 9.88. The van der Waals surface area contributed by atoms with E-state index in [0.29, 0.717) is 19.4 Å². The van der Waals surface area contributed by atoms with Crippen LogP contribution in [0.15, 0.2) is 12.1 Å². The molecule has 2 aliphatic rings. The van der Waals surface area contributed by atoms with E-state index in [1.165, 1.54) is 17.7 Å². The molecule has 3 rings (SSSR count). The van der Waals surface area contributed by atoms with Crippen molar-refractivity contribution in [2.75, 3.05) is 31.6 Å². The first-order valence-electron chi connectivity index (χ1n) is 7.04. The lowest BCUT2D eigenvalue weighted by molar-refractivity contribution is 0.0347. The van der Waals surface area contributed by atoms with Gasteiger partial charge in [-0.1, -0.05) is 6.07 Å². The van der Waals surface area contributed by atoms with Crippen LogP contribution in [0, 0.1) is 0 Å². The zero-order valence-corrected chi connectivity index (χ0v) is 11.5. The Balaban J connectivity index is 2.10. The highest BCUT2D eigenvalue weighted by molar-refractivity contribution is 5.66. The van der Waals surface area contributed by atoms with E-state index in [1.807, 2.05) is 0 Å². The summed E-state index contributed by atoms with van der Waals surface area (Å²) in [6, 6.07) is 4.21. The van der Waals surface area contributed by atoms with E-state index in [0.717, 1.165) is 24.3 Å². The summed E-state index contributed by atoms with van der Waals surface area (Å²) in [7, 11) is 2.12. The fraction of sp³-hybridized carbons (Fsp3) is 0.600. The Morgan fingerprint density at radius 2 is 2.32 bits per heavy atom. The van der Waals surface area contributed by atoms with E-state index in [-0.39, 0.29) is 6.54 Å². The standard InChI is InChI=1S/C15H22N2O2/c1-17-7-2-3-11-4-5-13-12(14(11)17)9-15(18,10-16)6-8-19-13/h4-5,18H,2-3,6-10,16H2,1H3. The van der Waals surface area contributed by atoms with Crippen LogP contribution in [0.4, 0.5) is 5.69 Å². The van der Waals surface area contributed by atoms with E-state index in [2.05, 4.69) is 24.1 Å². The van der Waals surface area contributed by atoms with E-state index in [1.54, 1.807) is 0 Å². The molecule has 0 fully saturated rings. The molecule has 2 aliphatic heterocycles. The van der Waals surface area contributed by atoms with Crippen LogP contribution >= 0.6 is 0 Å². The predicted molar refractivity (Wildman–Crippen MR) is 75.9 cm³/mol. The molecule has 1 aromatic rings. The topological polar surface area (TPSA) is 58.7 Å². The van der Waals surface area contributed by atoms with Crippen LogP contribution in [-0.2, 0) is 12.8 Å². The van der Waals surface area contributed by atoms with Crippen molar-refractivity contribution in [1.82, 2.24) is 0 Å². The number of hydrogen-bond donors (Lipinski definition) is 2. The predicted octanol–water partition coefficient (Wildman–Crippen LogP) is 1.08. The van der Waals surface area contributed by atoms with E-state index in [9.17, 15) is 5.11 Å².